The first-order valence-electron chi connectivity index (χ1n) is 10.6. The van der Waals surface area contributed by atoms with Crippen LogP contribution in [0, 0.1) is 0 Å². The van der Waals surface area contributed by atoms with E-state index in [0.717, 1.165) is 57.1 Å². The zero-order chi connectivity index (χ0) is 20.3. The van der Waals surface area contributed by atoms with Gasteiger partial charge in [-0.25, -0.2) is 0 Å². The first kappa shape index (κ1) is 18.6. The third-order valence-corrected chi connectivity index (χ3v) is 5.95. The third-order valence-electron chi connectivity index (χ3n) is 5.95. The molecule has 0 spiro atoms. The number of rotatable bonds is 3. The number of hydrogen-bond donors (Lipinski definition) is 0. The van der Waals surface area contributed by atoms with E-state index in [1.54, 1.807) is 0 Å². The van der Waals surface area contributed by atoms with Crippen LogP contribution >= 0.6 is 0 Å². The Morgan fingerprint density at radius 1 is 0.733 bits per heavy atom. The number of hydrogen-bond acceptors (Lipinski definition) is 5. The molecule has 0 unspecified atom stereocenters. The number of carbonyl (C=O) groups is 1. The largest absolute Gasteiger partial charge is 0.368 e. The van der Waals surface area contributed by atoms with Gasteiger partial charge in [0.05, 0.1) is 0 Å². The van der Waals surface area contributed by atoms with Crippen molar-refractivity contribution in [2.45, 2.75) is 12.8 Å². The minimum absolute atomic E-state index is 0.0740. The van der Waals surface area contributed by atoms with Crippen LogP contribution in [0.5, 0.6) is 0 Å². The van der Waals surface area contributed by atoms with Gasteiger partial charge < -0.3 is 14.7 Å². The summed E-state index contributed by atoms with van der Waals surface area (Å²) in [4.78, 5) is 19.5. The van der Waals surface area contributed by atoms with E-state index in [-0.39, 0.29) is 5.91 Å². The Kier molecular flexibility index (Phi) is 5.05. The smallest absolute Gasteiger partial charge is 0.278 e. The fourth-order valence-corrected chi connectivity index (χ4v) is 4.32. The second-order valence-electron chi connectivity index (χ2n) is 7.78. The molecule has 2 aliphatic rings. The summed E-state index contributed by atoms with van der Waals surface area (Å²) in [6, 6.07) is 22.3. The average molecular weight is 399 g/mol. The monoisotopic (exact) mass is 399 g/mol. The standard InChI is InChI=1S/C24H25N5O/c30-24(29-14-6-8-19-7-4-5-11-22(19)29)21-12-13-23(26-25-21)28-17-15-27(16-18-28)20-9-2-1-3-10-20/h1-5,7,9-13H,6,8,14-18H2. The molecule has 2 aliphatic heterocycles. The minimum Gasteiger partial charge on any atom is -0.368 e. The lowest BCUT2D eigenvalue weighted by molar-refractivity contribution is 0.0979. The molecule has 0 N–H and O–H groups in total. The van der Waals surface area contributed by atoms with Crippen molar-refractivity contribution in [1.82, 2.24) is 10.2 Å². The van der Waals surface area contributed by atoms with Crippen molar-refractivity contribution in [3.05, 3.63) is 78.0 Å². The second kappa shape index (κ2) is 8.14. The first-order chi connectivity index (χ1) is 14.8. The summed E-state index contributed by atoms with van der Waals surface area (Å²) in [5.74, 6) is 0.758. The van der Waals surface area contributed by atoms with Crippen LogP contribution in [0.4, 0.5) is 17.2 Å². The second-order valence-corrected chi connectivity index (χ2v) is 7.78. The quantitative estimate of drug-likeness (QED) is 0.676. The molecule has 2 aromatic carbocycles. The maximum absolute atomic E-state index is 13.1. The molecule has 3 aromatic rings. The molecule has 5 rings (SSSR count). The van der Waals surface area contributed by atoms with E-state index in [4.69, 9.17) is 0 Å². The van der Waals surface area contributed by atoms with E-state index < -0.39 is 0 Å². The number of aromatic nitrogens is 2. The third kappa shape index (κ3) is 3.61. The van der Waals surface area contributed by atoms with Gasteiger partial charge in [0.25, 0.3) is 5.91 Å². The van der Waals surface area contributed by atoms with Crippen LogP contribution in [0.25, 0.3) is 0 Å². The van der Waals surface area contributed by atoms with Gasteiger partial charge in [0, 0.05) is 44.1 Å². The molecular weight excluding hydrogens is 374 g/mol. The fourth-order valence-electron chi connectivity index (χ4n) is 4.32. The van der Waals surface area contributed by atoms with E-state index in [1.165, 1.54) is 11.3 Å². The Hall–Kier alpha value is -3.41. The number of benzene rings is 2. The van der Waals surface area contributed by atoms with Crippen LogP contribution in [0.15, 0.2) is 66.7 Å². The Labute approximate surface area is 176 Å². The lowest BCUT2D eigenvalue weighted by atomic mass is 10.0. The number of anilines is 3. The van der Waals surface area contributed by atoms with Crippen molar-refractivity contribution in [3.63, 3.8) is 0 Å². The van der Waals surface area contributed by atoms with Gasteiger partial charge in [0.2, 0.25) is 0 Å². The van der Waals surface area contributed by atoms with Crippen molar-refractivity contribution in [3.8, 4) is 0 Å². The summed E-state index contributed by atoms with van der Waals surface area (Å²) in [6.07, 6.45) is 1.99. The van der Waals surface area contributed by atoms with Crippen molar-refractivity contribution < 1.29 is 4.79 Å². The zero-order valence-corrected chi connectivity index (χ0v) is 16.9. The molecule has 0 aliphatic carbocycles. The molecule has 1 amide bonds. The number of aryl methyl sites for hydroxylation is 1. The van der Waals surface area contributed by atoms with E-state index in [9.17, 15) is 4.79 Å². The lowest BCUT2D eigenvalue weighted by Crippen LogP contribution is -2.47. The van der Waals surface area contributed by atoms with E-state index in [0.29, 0.717) is 5.69 Å². The number of para-hydroxylation sites is 2. The molecule has 30 heavy (non-hydrogen) atoms. The van der Waals surface area contributed by atoms with Gasteiger partial charge in [0.1, 0.15) is 0 Å². The summed E-state index contributed by atoms with van der Waals surface area (Å²) in [7, 11) is 0. The summed E-state index contributed by atoms with van der Waals surface area (Å²) < 4.78 is 0. The maximum atomic E-state index is 13.1. The number of nitrogens with zero attached hydrogens (tertiary/aromatic N) is 5. The minimum atomic E-state index is -0.0740. The van der Waals surface area contributed by atoms with Crippen LogP contribution in [-0.2, 0) is 6.42 Å². The van der Waals surface area contributed by atoms with Crippen molar-refractivity contribution >= 4 is 23.1 Å². The number of piperazine rings is 1. The van der Waals surface area contributed by atoms with E-state index in [2.05, 4.69) is 50.3 Å². The molecule has 3 heterocycles. The molecule has 1 fully saturated rings. The Morgan fingerprint density at radius 2 is 1.47 bits per heavy atom. The molecular formula is C24H25N5O. The van der Waals surface area contributed by atoms with Gasteiger partial charge in [-0.2, -0.15) is 0 Å². The molecule has 0 radical (unpaired) electrons. The number of carbonyl (C=O) groups excluding carboxylic acids is 1. The van der Waals surface area contributed by atoms with Crippen LogP contribution < -0.4 is 14.7 Å². The van der Waals surface area contributed by atoms with Gasteiger partial charge in [-0.15, -0.1) is 10.2 Å². The Bertz CT molecular complexity index is 1010. The van der Waals surface area contributed by atoms with Crippen LogP contribution in [0.2, 0.25) is 0 Å². The molecule has 6 heteroatoms. The fraction of sp³-hybridized carbons (Fsp3) is 0.292. The van der Waals surface area contributed by atoms with E-state index >= 15 is 0 Å². The molecule has 1 saturated heterocycles. The molecule has 0 bridgehead atoms. The average Bonchev–Trinajstić information content (AvgIpc) is 2.84. The van der Waals surface area contributed by atoms with E-state index in [1.807, 2.05) is 41.3 Å². The number of amides is 1. The summed E-state index contributed by atoms with van der Waals surface area (Å²) in [6.45, 7) is 4.38. The normalized spacial score (nSPS) is 16.3. The highest BCUT2D eigenvalue weighted by Gasteiger charge is 2.25. The van der Waals surface area contributed by atoms with Gasteiger partial charge in [-0.05, 0) is 48.7 Å². The van der Waals surface area contributed by atoms with Crippen molar-refractivity contribution in [1.29, 1.82) is 0 Å². The van der Waals surface area contributed by atoms with Gasteiger partial charge in [-0.3, -0.25) is 4.79 Å². The predicted octanol–water partition coefficient (Wildman–Crippen LogP) is 3.40. The Morgan fingerprint density at radius 3 is 2.23 bits per heavy atom. The van der Waals surface area contributed by atoms with Crippen LogP contribution in [-0.4, -0.2) is 48.8 Å². The summed E-state index contributed by atoms with van der Waals surface area (Å²) in [5.41, 5.74) is 3.87. The molecule has 1 aromatic heterocycles. The van der Waals surface area contributed by atoms with Crippen molar-refractivity contribution in [2.24, 2.45) is 0 Å². The van der Waals surface area contributed by atoms with Crippen LogP contribution in [0.3, 0.4) is 0 Å². The maximum Gasteiger partial charge on any atom is 0.278 e. The highest BCUT2D eigenvalue weighted by Crippen LogP contribution is 2.28. The van der Waals surface area contributed by atoms with Gasteiger partial charge in [0.15, 0.2) is 11.5 Å². The molecule has 0 saturated carbocycles. The summed E-state index contributed by atoms with van der Waals surface area (Å²) in [5, 5.41) is 8.66. The lowest BCUT2D eigenvalue weighted by Gasteiger charge is -2.36. The zero-order valence-electron chi connectivity index (χ0n) is 16.9. The first-order valence-corrected chi connectivity index (χ1v) is 10.6. The molecule has 6 nitrogen and oxygen atoms in total. The topological polar surface area (TPSA) is 52.6 Å². The van der Waals surface area contributed by atoms with Gasteiger partial charge in [-0.1, -0.05) is 36.4 Å². The summed E-state index contributed by atoms with van der Waals surface area (Å²) >= 11 is 0. The van der Waals surface area contributed by atoms with Crippen LogP contribution in [0.1, 0.15) is 22.5 Å². The number of fused-ring (bicyclic) bond motifs is 1. The van der Waals surface area contributed by atoms with Crippen molar-refractivity contribution in [2.75, 3.05) is 47.4 Å². The highest BCUT2D eigenvalue weighted by molar-refractivity contribution is 6.05. The van der Waals surface area contributed by atoms with Gasteiger partial charge >= 0.3 is 0 Å². The highest BCUT2D eigenvalue weighted by atomic mass is 16.2. The predicted molar refractivity (Wildman–Crippen MR) is 119 cm³/mol. The Balaban J connectivity index is 1.26. The molecule has 0 atom stereocenters. The SMILES string of the molecule is O=C(c1ccc(N2CCN(c3ccccc3)CC2)nn1)N1CCCc2ccccc21. The molecule has 152 valence electrons.